The Morgan fingerprint density at radius 3 is 2.76 bits per heavy atom. The fourth-order valence-electron chi connectivity index (χ4n) is 3.52. The number of H-pyrrole nitrogens is 1. The lowest BCUT2D eigenvalue weighted by Crippen LogP contribution is -2.28. The van der Waals surface area contributed by atoms with Gasteiger partial charge in [-0.1, -0.05) is 18.2 Å². The number of nitrogens with two attached hydrogens (primary N) is 1. The van der Waals surface area contributed by atoms with Crippen LogP contribution < -0.4 is 10.6 Å². The summed E-state index contributed by atoms with van der Waals surface area (Å²) < 4.78 is 0. The molecule has 2 heterocycles. The van der Waals surface area contributed by atoms with Gasteiger partial charge >= 0.3 is 0 Å². The van der Waals surface area contributed by atoms with Crippen LogP contribution in [0.3, 0.4) is 0 Å². The maximum Gasteiger partial charge on any atom is 0.222 e. The molecule has 0 saturated heterocycles. The van der Waals surface area contributed by atoms with Gasteiger partial charge in [-0.2, -0.15) is 4.98 Å². The first-order valence-corrected chi connectivity index (χ1v) is 8.61. The number of aryl methyl sites for hydroxylation is 1. The van der Waals surface area contributed by atoms with Gasteiger partial charge in [0.05, 0.1) is 18.3 Å². The highest BCUT2D eigenvalue weighted by Gasteiger charge is 2.30. The van der Waals surface area contributed by atoms with Crippen LogP contribution in [0.15, 0.2) is 30.3 Å². The molecular weight excluding hydrogens is 314 g/mol. The highest BCUT2D eigenvalue weighted by atomic mass is 16.3. The van der Waals surface area contributed by atoms with Crippen molar-refractivity contribution in [3.63, 3.8) is 0 Å². The van der Waals surface area contributed by atoms with Crippen molar-refractivity contribution in [2.75, 3.05) is 17.7 Å². The first-order valence-electron chi connectivity index (χ1n) is 8.61. The van der Waals surface area contributed by atoms with Crippen LogP contribution in [0.25, 0.3) is 10.9 Å². The summed E-state index contributed by atoms with van der Waals surface area (Å²) in [5.41, 5.74) is 10.4. The normalized spacial score (nSPS) is 19.8. The highest BCUT2D eigenvalue weighted by Crippen LogP contribution is 2.37. The van der Waals surface area contributed by atoms with Gasteiger partial charge in [0, 0.05) is 35.6 Å². The van der Waals surface area contributed by atoms with Crippen LogP contribution in [-0.4, -0.2) is 33.2 Å². The van der Waals surface area contributed by atoms with Gasteiger partial charge in [-0.15, -0.1) is 0 Å². The Balaban J connectivity index is 1.60. The molecular formula is C19H23N5O. The van der Waals surface area contributed by atoms with Crippen molar-refractivity contribution in [2.24, 2.45) is 0 Å². The summed E-state index contributed by atoms with van der Waals surface area (Å²) in [5, 5.41) is 10.8. The molecule has 2 aromatic heterocycles. The number of anilines is 2. The number of nitrogens with one attached hydrogen (secondary N) is 1. The van der Waals surface area contributed by atoms with E-state index in [4.69, 9.17) is 5.73 Å². The van der Waals surface area contributed by atoms with E-state index in [0.29, 0.717) is 6.54 Å². The number of rotatable bonds is 4. The molecule has 0 radical (unpaired) electrons. The van der Waals surface area contributed by atoms with Crippen molar-refractivity contribution in [3.8, 4) is 0 Å². The number of hydrogen-bond acceptors (Lipinski definition) is 5. The molecule has 0 bridgehead atoms. The van der Waals surface area contributed by atoms with E-state index in [1.54, 1.807) is 0 Å². The molecule has 6 nitrogen and oxygen atoms in total. The van der Waals surface area contributed by atoms with E-state index in [1.165, 1.54) is 16.6 Å². The minimum atomic E-state index is -0.212. The van der Waals surface area contributed by atoms with Crippen LogP contribution >= 0.6 is 0 Å². The van der Waals surface area contributed by atoms with Gasteiger partial charge < -0.3 is 20.7 Å². The molecule has 0 unspecified atom stereocenters. The summed E-state index contributed by atoms with van der Waals surface area (Å²) in [6, 6.07) is 10.3. The molecule has 130 valence electrons. The van der Waals surface area contributed by atoms with Crippen LogP contribution in [0, 0.1) is 6.92 Å². The van der Waals surface area contributed by atoms with Crippen LogP contribution in [-0.2, 0) is 6.54 Å². The molecule has 1 saturated carbocycles. The largest absolute Gasteiger partial charge is 0.393 e. The zero-order valence-electron chi connectivity index (χ0n) is 14.5. The van der Waals surface area contributed by atoms with Crippen molar-refractivity contribution in [2.45, 2.75) is 38.3 Å². The van der Waals surface area contributed by atoms with Crippen molar-refractivity contribution < 1.29 is 5.11 Å². The van der Waals surface area contributed by atoms with Gasteiger partial charge in [-0.05, 0) is 31.4 Å². The lowest BCUT2D eigenvalue weighted by Gasteiger charge is -2.31. The second kappa shape index (κ2) is 6.04. The van der Waals surface area contributed by atoms with Crippen LogP contribution in [0.2, 0.25) is 0 Å². The zero-order chi connectivity index (χ0) is 17.6. The fourth-order valence-corrected chi connectivity index (χ4v) is 3.52. The van der Waals surface area contributed by atoms with Gasteiger partial charge in [-0.25, -0.2) is 4.98 Å². The smallest absolute Gasteiger partial charge is 0.222 e. The van der Waals surface area contributed by atoms with Gasteiger partial charge in [0.15, 0.2) is 0 Å². The highest BCUT2D eigenvalue weighted by molar-refractivity contribution is 5.84. The number of aliphatic hydroxyl groups is 1. The van der Waals surface area contributed by atoms with Crippen LogP contribution in [0.4, 0.5) is 11.8 Å². The molecule has 4 N–H and O–H groups in total. The van der Waals surface area contributed by atoms with E-state index in [0.717, 1.165) is 29.9 Å². The molecule has 25 heavy (non-hydrogen) atoms. The monoisotopic (exact) mass is 337 g/mol. The first kappa shape index (κ1) is 15.9. The van der Waals surface area contributed by atoms with E-state index in [-0.39, 0.29) is 18.0 Å². The summed E-state index contributed by atoms with van der Waals surface area (Å²) in [7, 11) is 2.01. The zero-order valence-corrected chi connectivity index (χ0v) is 14.5. The van der Waals surface area contributed by atoms with E-state index in [9.17, 15) is 5.11 Å². The molecule has 0 amide bonds. The molecule has 0 atom stereocenters. The first-order chi connectivity index (χ1) is 12.0. The van der Waals surface area contributed by atoms with Crippen molar-refractivity contribution >= 4 is 22.7 Å². The summed E-state index contributed by atoms with van der Waals surface area (Å²) >= 11 is 0. The van der Waals surface area contributed by atoms with Gasteiger partial charge in [0.2, 0.25) is 5.95 Å². The van der Waals surface area contributed by atoms with Gasteiger partial charge in [-0.3, -0.25) is 0 Å². The topological polar surface area (TPSA) is 91.1 Å². The average Bonchev–Trinajstić information content (AvgIpc) is 2.88. The molecule has 1 aliphatic carbocycles. The molecule has 3 aromatic rings. The van der Waals surface area contributed by atoms with Crippen LogP contribution in [0.5, 0.6) is 0 Å². The second-order valence-electron chi connectivity index (χ2n) is 6.96. The maximum atomic E-state index is 9.53. The quantitative estimate of drug-likeness (QED) is 0.681. The number of aromatic amines is 1. The summed E-state index contributed by atoms with van der Waals surface area (Å²) in [5.74, 6) is 1.37. The number of hydrogen-bond donors (Lipinski definition) is 3. The van der Waals surface area contributed by atoms with Crippen molar-refractivity contribution in [3.05, 3.63) is 47.3 Å². The molecule has 1 fully saturated rings. The number of para-hydroxylation sites is 1. The SMILES string of the molecule is Cc1c(CN(C)c2cc(C3CC(O)C3)nc(N)n2)[nH]c2ccccc12. The Labute approximate surface area is 146 Å². The van der Waals surface area contributed by atoms with E-state index in [1.807, 2.05) is 19.2 Å². The Hall–Kier alpha value is -2.60. The Morgan fingerprint density at radius 1 is 1.28 bits per heavy atom. The van der Waals surface area contributed by atoms with Gasteiger partial charge in [0.1, 0.15) is 5.82 Å². The number of nitrogens with zero attached hydrogens (tertiary/aromatic N) is 3. The number of nitrogen functional groups attached to an aromatic ring is 1. The predicted molar refractivity (Wildman–Crippen MR) is 99.6 cm³/mol. The minimum Gasteiger partial charge on any atom is -0.393 e. The molecule has 0 aliphatic heterocycles. The number of aromatic nitrogens is 3. The Morgan fingerprint density at radius 2 is 2.04 bits per heavy atom. The third kappa shape index (κ3) is 2.93. The van der Waals surface area contributed by atoms with Gasteiger partial charge in [0.25, 0.3) is 0 Å². The third-order valence-electron chi connectivity index (χ3n) is 5.14. The third-order valence-corrected chi connectivity index (χ3v) is 5.14. The number of aliphatic hydroxyl groups excluding tert-OH is 1. The molecule has 6 heteroatoms. The second-order valence-corrected chi connectivity index (χ2v) is 6.96. The lowest BCUT2D eigenvalue weighted by atomic mass is 9.80. The fraction of sp³-hybridized carbons (Fsp3) is 0.368. The standard InChI is InChI=1S/C19H23N5O/c1-11-14-5-3-4-6-15(14)21-17(11)10-24(2)18-9-16(22-19(20)23-18)12-7-13(25)8-12/h3-6,9,12-13,21,25H,7-8,10H2,1-2H3,(H2,20,22,23). The molecule has 4 rings (SSSR count). The van der Waals surface area contributed by atoms with E-state index < -0.39 is 0 Å². The lowest BCUT2D eigenvalue weighted by molar-refractivity contribution is 0.0732. The summed E-state index contributed by atoms with van der Waals surface area (Å²) in [6.45, 7) is 2.85. The Kier molecular flexibility index (Phi) is 3.84. The average molecular weight is 337 g/mol. The maximum absolute atomic E-state index is 9.53. The van der Waals surface area contributed by atoms with Crippen molar-refractivity contribution in [1.29, 1.82) is 0 Å². The van der Waals surface area contributed by atoms with Crippen LogP contribution in [0.1, 0.15) is 35.7 Å². The van der Waals surface area contributed by atoms with E-state index >= 15 is 0 Å². The molecule has 1 aromatic carbocycles. The summed E-state index contributed by atoms with van der Waals surface area (Å²) in [4.78, 5) is 14.3. The predicted octanol–water partition coefficient (Wildman–Crippen LogP) is 2.72. The van der Waals surface area contributed by atoms with E-state index in [2.05, 4.69) is 45.0 Å². The molecule has 1 aliphatic rings. The van der Waals surface area contributed by atoms with Crippen molar-refractivity contribution in [1.82, 2.24) is 15.0 Å². The number of benzene rings is 1. The number of fused-ring (bicyclic) bond motifs is 1. The molecule has 0 spiro atoms. The summed E-state index contributed by atoms with van der Waals surface area (Å²) in [6.07, 6.45) is 1.29. The Bertz CT molecular complexity index is 913. The minimum absolute atomic E-state index is 0.212.